The zero-order valence-electron chi connectivity index (χ0n) is 15.2. The molecule has 0 N–H and O–H groups in total. The van der Waals surface area contributed by atoms with Gasteiger partial charge in [0, 0.05) is 12.1 Å². The first kappa shape index (κ1) is 17.3. The van der Waals surface area contributed by atoms with Gasteiger partial charge in [-0.15, -0.1) is 0 Å². The average molecular weight is 321 g/mol. The molecule has 1 saturated carbocycles. The number of hydrogen-bond donors (Lipinski definition) is 0. The molecule has 2 atom stereocenters. The highest BCUT2D eigenvalue weighted by Gasteiger charge is 2.48. The Morgan fingerprint density at radius 3 is 2.21 bits per heavy atom. The summed E-state index contributed by atoms with van der Waals surface area (Å²) >= 11 is 0. The number of hydrogen-bond acceptors (Lipinski definition) is 3. The summed E-state index contributed by atoms with van der Waals surface area (Å²) in [4.78, 5) is 5.07. The van der Waals surface area contributed by atoms with Crippen LogP contribution in [0.3, 0.4) is 0 Å². The van der Waals surface area contributed by atoms with E-state index in [-0.39, 0.29) is 6.98 Å². The van der Waals surface area contributed by atoms with Crippen LogP contribution in [0.4, 0.5) is 0 Å². The standard InChI is InChI=1S/C20H28BN3/c1-4-10-18(17(15-22)16-11-6-5-7-12-16)21-23(2)19-13-8-9-14-20(19)24(21)3/h5-7,11-12,19-20H,4,8-10,13-14H2,1-3H3/b18-17+/t19-,20-/m1/s1. The van der Waals surface area contributed by atoms with Crippen LogP contribution in [-0.4, -0.2) is 42.8 Å². The lowest BCUT2D eigenvalue weighted by Crippen LogP contribution is -2.44. The summed E-state index contributed by atoms with van der Waals surface area (Å²) in [5, 5.41) is 9.92. The molecule has 1 aliphatic carbocycles. The summed E-state index contributed by atoms with van der Waals surface area (Å²) in [5.74, 6) is 0. The van der Waals surface area contributed by atoms with E-state index >= 15 is 0 Å². The fraction of sp³-hybridized carbons (Fsp3) is 0.550. The lowest BCUT2D eigenvalue weighted by molar-refractivity contribution is 0.233. The van der Waals surface area contributed by atoms with Crippen molar-refractivity contribution in [3.63, 3.8) is 0 Å². The molecule has 0 radical (unpaired) electrons. The van der Waals surface area contributed by atoms with E-state index in [1.54, 1.807) is 0 Å². The molecule has 1 aromatic carbocycles. The molecule has 0 bridgehead atoms. The van der Waals surface area contributed by atoms with Crippen molar-refractivity contribution in [2.75, 3.05) is 14.1 Å². The number of allylic oxidation sites excluding steroid dienone is 2. The lowest BCUT2D eigenvalue weighted by atomic mass is 9.61. The molecule has 0 aromatic heterocycles. The highest BCUT2D eigenvalue weighted by molar-refractivity contribution is 6.63. The fourth-order valence-electron chi connectivity index (χ4n) is 4.76. The van der Waals surface area contributed by atoms with Crippen molar-refractivity contribution in [2.24, 2.45) is 0 Å². The number of likely N-dealkylation sites (N-methyl/N-ethyl adjacent to an activating group) is 2. The van der Waals surface area contributed by atoms with Crippen molar-refractivity contribution in [1.29, 1.82) is 5.26 Å². The fourth-order valence-corrected chi connectivity index (χ4v) is 4.76. The number of benzene rings is 1. The van der Waals surface area contributed by atoms with Crippen LogP contribution >= 0.6 is 0 Å². The predicted molar refractivity (Wildman–Crippen MR) is 101 cm³/mol. The molecule has 4 heteroatoms. The number of nitriles is 1. The van der Waals surface area contributed by atoms with Crippen LogP contribution in [0.5, 0.6) is 0 Å². The maximum Gasteiger partial charge on any atom is 0.343 e. The largest absolute Gasteiger partial charge is 0.343 e. The third-order valence-corrected chi connectivity index (χ3v) is 5.84. The van der Waals surface area contributed by atoms with Crippen LogP contribution in [0.1, 0.15) is 51.0 Å². The van der Waals surface area contributed by atoms with Crippen molar-refractivity contribution in [3.8, 4) is 6.07 Å². The van der Waals surface area contributed by atoms with Gasteiger partial charge in [-0.2, -0.15) is 5.26 Å². The molecule has 1 heterocycles. The van der Waals surface area contributed by atoms with Gasteiger partial charge in [-0.3, -0.25) is 0 Å². The first-order chi connectivity index (χ1) is 11.7. The molecular weight excluding hydrogens is 293 g/mol. The summed E-state index contributed by atoms with van der Waals surface area (Å²) in [6.07, 6.45) is 7.30. The molecule has 0 unspecified atom stereocenters. The van der Waals surface area contributed by atoms with Gasteiger partial charge >= 0.3 is 6.98 Å². The van der Waals surface area contributed by atoms with Crippen LogP contribution in [0.2, 0.25) is 0 Å². The van der Waals surface area contributed by atoms with Crippen molar-refractivity contribution >= 4 is 12.6 Å². The number of nitrogens with zero attached hydrogens (tertiary/aromatic N) is 3. The van der Waals surface area contributed by atoms with Gasteiger partial charge in [0.25, 0.3) is 0 Å². The zero-order valence-corrected chi connectivity index (χ0v) is 15.2. The van der Waals surface area contributed by atoms with Crippen LogP contribution in [-0.2, 0) is 0 Å². The van der Waals surface area contributed by atoms with Crippen LogP contribution in [0.15, 0.2) is 35.8 Å². The molecule has 0 spiro atoms. The SMILES string of the molecule is CCC/C(B1N(C)[C@@H]2CCCC[C@H]2N1C)=C(/C#N)c1ccccc1. The Morgan fingerprint density at radius 1 is 1.12 bits per heavy atom. The van der Waals surface area contributed by atoms with E-state index in [0.717, 1.165) is 24.0 Å². The third kappa shape index (κ3) is 3.03. The van der Waals surface area contributed by atoms with Crippen LogP contribution in [0.25, 0.3) is 5.57 Å². The molecule has 1 saturated heterocycles. The van der Waals surface area contributed by atoms with E-state index in [4.69, 9.17) is 0 Å². The normalized spacial score (nSPS) is 26.0. The van der Waals surface area contributed by atoms with E-state index in [1.807, 2.05) is 18.2 Å². The summed E-state index contributed by atoms with van der Waals surface area (Å²) in [6, 6.07) is 14.0. The lowest BCUT2D eigenvalue weighted by Gasteiger charge is -2.31. The second-order valence-electron chi connectivity index (χ2n) is 7.25. The van der Waals surface area contributed by atoms with Crippen LogP contribution in [0, 0.1) is 11.3 Å². The van der Waals surface area contributed by atoms with E-state index in [1.165, 1.54) is 31.2 Å². The molecule has 3 rings (SSSR count). The maximum absolute atomic E-state index is 9.92. The van der Waals surface area contributed by atoms with Gasteiger partial charge in [-0.1, -0.05) is 56.5 Å². The molecule has 2 fully saturated rings. The highest BCUT2D eigenvalue weighted by atomic mass is 15.3. The van der Waals surface area contributed by atoms with Gasteiger partial charge in [0.05, 0.1) is 11.6 Å². The topological polar surface area (TPSA) is 30.3 Å². The Balaban J connectivity index is 2.04. The molecule has 1 aliphatic heterocycles. The molecule has 24 heavy (non-hydrogen) atoms. The molecule has 0 amide bonds. The predicted octanol–water partition coefficient (Wildman–Crippen LogP) is 3.98. The van der Waals surface area contributed by atoms with Gasteiger partial charge in [0.1, 0.15) is 0 Å². The molecule has 2 aliphatic rings. The van der Waals surface area contributed by atoms with Gasteiger partial charge in [0.15, 0.2) is 0 Å². The monoisotopic (exact) mass is 321 g/mol. The van der Waals surface area contributed by atoms with E-state index in [2.05, 4.69) is 48.8 Å². The Kier molecular flexibility index (Phi) is 5.43. The van der Waals surface area contributed by atoms with Crippen molar-refractivity contribution in [3.05, 3.63) is 41.4 Å². The maximum atomic E-state index is 9.92. The second kappa shape index (κ2) is 7.55. The Hall–Kier alpha value is -1.57. The Labute approximate surface area is 147 Å². The summed E-state index contributed by atoms with van der Waals surface area (Å²) in [7, 11) is 4.51. The van der Waals surface area contributed by atoms with Gasteiger partial charge in [-0.25, -0.2) is 0 Å². The number of rotatable bonds is 4. The van der Waals surface area contributed by atoms with E-state index in [9.17, 15) is 5.26 Å². The van der Waals surface area contributed by atoms with Gasteiger partial charge in [-0.05, 0) is 44.4 Å². The zero-order chi connectivity index (χ0) is 17.1. The third-order valence-electron chi connectivity index (χ3n) is 5.84. The van der Waals surface area contributed by atoms with Gasteiger partial charge < -0.3 is 9.62 Å². The average Bonchev–Trinajstić information content (AvgIpc) is 2.87. The van der Waals surface area contributed by atoms with E-state index in [0.29, 0.717) is 12.1 Å². The first-order valence-corrected chi connectivity index (χ1v) is 9.31. The minimum Gasteiger partial charge on any atom is -0.323 e. The second-order valence-corrected chi connectivity index (χ2v) is 7.25. The van der Waals surface area contributed by atoms with Gasteiger partial charge in [0.2, 0.25) is 0 Å². The smallest absolute Gasteiger partial charge is 0.323 e. The summed E-state index contributed by atoms with van der Waals surface area (Å²) < 4.78 is 0. The first-order valence-electron chi connectivity index (χ1n) is 9.31. The van der Waals surface area contributed by atoms with E-state index < -0.39 is 0 Å². The Bertz CT molecular complexity index is 616. The molecule has 126 valence electrons. The summed E-state index contributed by atoms with van der Waals surface area (Å²) in [6.45, 7) is 2.47. The number of fused-ring (bicyclic) bond motifs is 1. The summed E-state index contributed by atoms with van der Waals surface area (Å²) in [5.41, 5.74) is 3.23. The molecular formula is C20H28BN3. The Morgan fingerprint density at radius 2 is 1.71 bits per heavy atom. The quantitative estimate of drug-likeness (QED) is 0.621. The molecule has 1 aromatic rings. The minimum absolute atomic E-state index is 0.257. The van der Waals surface area contributed by atoms with Crippen molar-refractivity contribution < 1.29 is 0 Å². The van der Waals surface area contributed by atoms with Crippen LogP contribution < -0.4 is 0 Å². The minimum atomic E-state index is 0.257. The van der Waals surface area contributed by atoms with Crippen molar-refractivity contribution in [2.45, 2.75) is 57.5 Å². The molecule has 3 nitrogen and oxygen atoms in total. The highest BCUT2D eigenvalue weighted by Crippen LogP contribution is 2.37. The van der Waals surface area contributed by atoms with Crippen molar-refractivity contribution in [1.82, 2.24) is 9.62 Å².